The number of aryl methyl sites for hydroxylation is 9. The van der Waals surface area contributed by atoms with Crippen molar-refractivity contribution < 1.29 is 0 Å². The van der Waals surface area contributed by atoms with Gasteiger partial charge in [0.1, 0.15) is 0 Å². The van der Waals surface area contributed by atoms with E-state index in [-0.39, 0.29) is 0 Å². The molecule has 0 saturated heterocycles. The summed E-state index contributed by atoms with van der Waals surface area (Å²) in [6, 6.07) is 72.5. The van der Waals surface area contributed by atoms with Crippen molar-refractivity contribution in [3.8, 4) is 66.8 Å². The minimum absolute atomic E-state index is 1.27. The predicted molar refractivity (Wildman–Crippen MR) is 377 cm³/mol. The molecule has 9 rings (SSSR count). The highest BCUT2D eigenvalue weighted by molar-refractivity contribution is 5.74. The van der Waals surface area contributed by atoms with Gasteiger partial charge in [-0.25, -0.2) is 0 Å². The van der Waals surface area contributed by atoms with Crippen molar-refractivity contribution in [2.45, 2.75) is 187 Å². The summed E-state index contributed by atoms with van der Waals surface area (Å²) in [6.07, 6.45) is 0. The zero-order valence-electron chi connectivity index (χ0n) is 56.6. The van der Waals surface area contributed by atoms with Gasteiger partial charge in [-0.2, -0.15) is 0 Å². The van der Waals surface area contributed by atoms with Crippen LogP contribution in [0.5, 0.6) is 0 Å². The van der Waals surface area contributed by atoms with E-state index in [0.717, 1.165) is 0 Å². The maximum absolute atomic E-state index is 2.26. The van der Waals surface area contributed by atoms with Crippen LogP contribution in [0.15, 0.2) is 200 Å². The van der Waals surface area contributed by atoms with Gasteiger partial charge >= 0.3 is 0 Å². The van der Waals surface area contributed by atoms with Gasteiger partial charge in [-0.1, -0.05) is 358 Å². The summed E-state index contributed by atoms with van der Waals surface area (Å²) in [5.41, 5.74) is 27.2. The molecule has 0 radical (unpaired) electrons. The van der Waals surface area contributed by atoms with Crippen LogP contribution in [0.1, 0.15) is 175 Å². The van der Waals surface area contributed by atoms with Crippen molar-refractivity contribution >= 4 is 0 Å². The molecule has 81 heavy (non-hydrogen) atoms. The molecule has 0 bridgehead atoms. The topological polar surface area (TPSA) is 0 Å². The first kappa shape index (κ1) is 78.2. The smallest absolute Gasteiger partial charge is 0.0155 e. The molecular formula is C81H114. The second kappa shape index (κ2) is 47.8. The lowest BCUT2D eigenvalue weighted by Crippen LogP contribution is -1.85. The van der Waals surface area contributed by atoms with Gasteiger partial charge in [0.2, 0.25) is 0 Å². The molecule has 9 aromatic carbocycles. The third kappa shape index (κ3) is 27.8. The molecule has 0 fully saturated rings. The fourth-order valence-electron chi connectivity index (χ4n) is 7.99. The Morgan fingerprint density at radius 1 is 0.136 bits per heavy atom. The van der Waals surface area contributed by atoms with Gasteiger partial charge in [-0.05, 0) is 146 Å². The largest absolute Gasteiger partial charge is 0.0683 e. The van der Waals surface area contributed by atoms with Crippen molar-refractivity contribution in [1.29, 1.82) is 0 Å². The van der Waals surface area contributed by atoms with Crippen molar-refractivity contribution in [1.82, 2.24) is 0 Å². The highest BCUT2D eigenvalue weighted by Crippen LogP contribution is 2.30. The SMILES string of the molecule is CC.CC.CC.CC.CC.CC.CC.CC.CC.Cc1ccc(-c2ccc(-c3cc(C)cc(C)c3)cc2)cc1.Cc1ccc(-c2ccc(-c3ccc(C)c(C)c3)cc2)cc1.Cc1ccc(-c2ccc(-c3ccc(C)cc3C)cc2)cc1. The monoisotopic (exact) mass is 1090 g/mol. The van der Waals surface area contributed by atoms with E-state index in [0.29, 0.717) is 0 Å². The molecule has 0 aliphatic heterocycles. The minimum Gasteiger partial charge on any atom is -0.0683 e. The lowest BCUT2D eigenvalue weighted by Gasteiger charge is -2.09. The van der Waals surface area contributed by atoms with E-state index in [2.05, 4.69) is 263 Å². The number of hydrogen-bond donors (Lipinski definition) is 0. The molecule has 0 atom stereocenters. The van der Waals surface area contributed by atoms with Crippen LogP contribution in [0.4, 0.5) is 0 Å². The van der Waals surface area contributed by atoms with Gasteiger partial charge < -0.3 is 0 Å². The van der Waals surface area contributed by atoms with Gasteiger partial charge in [0.05, 0.1) is 0 Å². The zero-order valence-corrected chi connectivity index (χ0v) is 56.6. The Bertz CT molecular complexity index is 2870. The number of rotatable bonds is 6. The molecule has 0 unspecified atom stereocenters. The van der Waals surface area contributed by atoms with E-state index in [1.165, 1.54) is 117 Å². The van der Waals surface area contributed by atoms with Crippen LogP contribution < -0.4 is 0 Å². The number of benzene rings is 9. The first-order valence-electron chi connectivity index (χ1n) is 31.1. The first-order chi connectivity index (χ1) is 39.4. The summed E-state index contributed by atoms with van der Waals surface area (Å²) in [5, 5.41) is 0. The molecule has 0 aliphatic carbocycles. The first-order valence-corrected chi connectivity index (χ1v) is 31.1. The molecule has 9 aromatic rings. The van der Waals surface area contributed by atoms with Crippen molar-refractivity contribution in [3.05, 3.63) is 250 Å². The van der Waals surface area contributed by atoms with Crippen LogP contribution in [0.25, 0.3) is 66.8 Å². The Morgan fingerprint density at radius 2 is 0.370 bits per heavy atom. The summed E-state index contributed by atoms with van der Waals surface area (Å²) >= 11 is 0. The Hall–Kier alpha value is -7.02. The third-order valence-electron chi connectivity index (χ3n) is 11.9. The molecule has 0 N–H and O–H groups in total. The zero-order chi connectivity index (χ0) is 62.5. The summed E-state index contributed by atoms with van der Waals surface area (Å²) in [7, 11) is 0. The van der Waals surface area contributed by atoms with Crippen molar-refractivity contribution in [2.75, 3.05) is 0 Å². The van der Waals surface area contributed by atoms with E-state index < -0.39 is 0 Å². The van der Waals surface area contributed by atoms with Gasteiger partial charge in [-0.3, -0.25) is 0 Å². The maximum Gasteiger partial charge on any atom is -0.0155 e. The predicted octanol–water partition coefficient (Wildman–Crippen LogP) is 27.1. The van der Waals surface area contributed by atoms with Crippen molar-refractivity contribution in [3.63, 3.8) is 0 Å². The average molecular weight is 1090 g/mol. The van der Waals surface area contributed by atoms with Gasteiger partial charge in [0, 0.05) is 0 Å². The van der Waals surface area contributed by atoms with Crippen molar-refractivity contribution in [2.24, 2.45) is 0 Å². The van der Waals surface area contributed by atoms with Crippen LogP contribution in [0.2, 0.25) is 0 Å². The molecule has 0 spiro atoms. The van der Waals surface area contributed by atoms with Gasteiger partial charge in [0.25, 0.3) is 0 Å². The van der Waals surface area contributed by atoms with E-state index in [4.69, 9.17) is 0 Å². The number of hydrogen-bond acceptors (Lipinski definition) is 0. The van der Waals surface area contributed by atoms with E-state index in [1.807, 2.05) is 125 Å². The summed E-state index contributed by atoms with van der Waals surface area (Å²) in [4.78, 5) is 0. The van der Waals surface area contributed by atoms with Gasteiger partial charge in [-0.15, -0.1) is 0 Å². The highest BCUT2D eigenvalue weighted by Gasteiger charge is 2.06. The molecular weight excluding hydrogens is 973 g/mol. The summed E-state index contributed by atoms with van der Waals surface area (Å²) in [6.45, 7) is 55.3. The standard InChI is InChI=1S/3C21H20.9C2H6/c1-15-4-7-18(8-5-15)19-9-11-20(12-10-19)21-13-6-16(2)14-17(21)3;1-15-4-7-18(8-5-15)19-10-12-20(13-11-19)21-9-6-16(2)17(3)14-21;1-15-4-6-18(7-5-15)19-8-10-20(11-9-19)21-13-16(2)12-17(3)14-21;9*1-2/h3*4-14H,1-3H3;9*1-2H3. The molecule has 0 saturated carbocycles. The molecule has 0 aromatic heterocycles. The second-order valence-electron chi connectivity index (χ2n) is 17.3. The third-order valence-corrected chi connectivity index (χ3v) is 11.9. The van der Waals surface area contributed by atoms with Crippen LogP contribution in [-0.4, -0.2) is 0 Å². The van der Waals surface area contributed by atoms with E-state index >= 15 is 0 Å². The Labute approximate surface area is 501 Å². The summed E-state index contributed by atoms with van der Waals surface area (Å²) in [5.74, 6) is 0. The molecule has 0 nitrogen and oxygen atoms in total. The maximum atomic E-state index is 2.26. The average Bonchev–Trinajstić information content (AvgIpc) is 3.54. The lowest BCUT2D eigenvalue weighted by atomic mass is 9.96. The van der Waals surface area contributed by atoms with Crippen LogP contribution >= 0.6 is 0 Å². The minimum atomic E-state index is 1.27. The fraction of sp³-hybridized carbons (Fsp3) is 0.333. The molecule has 0 heterocycles. The molecule has 0 amide bonds. The van der Waals surface area contributed by atoms with E-state index in [1.54, 1.807) is 0 Å². The molecule has 0 aliphatic rings. The lowest BCUT2D eigenvalue weighted by molar-refractivity contribution is 1.34. The van der Waals surface area contributed by atoms with Crippen LogP contribution in [0.3, 0.4) is 0 Å². The second-order valence-corrected chi connectivity index (χ2v) is 17.3. The van der Waals surface area contributed by atoms with Crippen LogP contribution in [0, 0.1) is 62.3 Å². The Morgan fingerprint density at radius 3 is 0.654 bits per heavy atom. The summed E-state index contributed by atoms with van der Waals surface area (Å²) < 4.78 is 0. The van der Waals surface area contributed by atoms with Crippen LogP contribution in [-0.2, 0) is 0 Å². The van der Waals surface area contributed by atoms with E-state index in [9.17, 15) is 0 Å². The molecule has 438 valence electrons. The Kier molecular flexibility index (Phi) is 46.1. The quantitative estimate of drug-likeness (QED) is 0.156. The fourth-order valence-corrected chi connectivity index (χ4v) is 7.99. The Balaban J connectivity index is -0.000000986. The normalized spacial score (nSPS) is 8.93. The van der Waals surface area contributed by atoms with Gasteiger partial charge in [0.15, 0.2) is 0 Å². The molecule has 0 heteroatoms. The highest BCUT2D eigenvalue weighted by atomic mass is 14.1.